The second-order valence-electron chi connectivity index (χ2n) is 6.60. The van der Waals surface area contributed by atoms with E-state index in [4.69, 9.17) is 5.11 Å². The van der Waals surface area contributed by atoms with E-state index in [9.17, 15) is 4.79 Å². The number of aromatic carboxylic acids is 1. The molecule has 1 atom stereocenters. The predicted octanol–water partition coefficient (Wildman–Crippen LogP) is 2.16. The van der Waals surface area contributed by atoms with Crippen molar-refractivity contribution in [2.45, 2.75) is 32.9 Å². The van der Waals surface area contributed by atoms with Crippen LogP contribution < -0.4 is 4.90 Å². The van der Waals surface area contributed by atoms with Gasteiger partial charge in [-0.3, -0.25) is 9.88 Å². The number of aromatic nitrogens is 3. The first kappa shape index (κ1) is 17.3. The van der Waals surface area contributed by atoms with Gasteiger partial charge in [0.1, 0.15) is 0 Å². The summed E-state index contributed by atoms with van der Waals surface area (Å²) in [7, 11) is 0. The number of nitrogens with zero attached hydrogens (tertiary/aromatic N) is 5. The fraction of sp³-hybridized carbons (Fsp3) is 0.444. The Labute approximate surface area is 147 Å². The summed E-state index contributed by atoms with van der Waals surface area (Å²) in [6.45, 7) is 9.35. The lowest BCUT2D eigenvalue weighted by atomic mass is 10.1. The van der Waals surface area contributed by atoms with Gasteiger partial charge in [0.2, 0.25) is 5.95 Å². The highest BCUT2D eigenvalue weighted by atomic mass is 16.4. The van der Waals surface area contributed by atoms with Gasteiger partial charge in [-0.15, -0.1) is 0 Å². The van der Waals surface area contributed by atoms with Crippen molar-refractivity contribution in [3.63, 3.8) is 0 Å². The lowest BCUT2D eigenvalue weighted by Gasteiger charge is -2.42. The molecule has 1 aliphatic heterocycles. The fourth-order valence-electron chi connectivity index (χ4n) is 3.27. The third-order valence-electron chi connectivity index (χ3n) is 4.54. The zero-order valence-corrected chi connectivity index (χ0v) is 14.8. The smallest absolute Gasteiger partial charge is 0.335 e. The topological polar surface area (TPSA) is 82.5 Å². The molecule has 2 aromatic heterocycles. The van der Waals surface area contributed by atoms with Crippen molar-refractivity contribution in [3.8, 4) is 11.4 Å². The Morgan fingerprint density at radius 3 is 2.64 bits per heavy atom. The highest BCUT2D eigenvalue weighted by Gasteiger charge is 2.26. The van der Waals surface area contributed by atoms with Crippen molar-refractivity contribution in [3.05, 3.63) is 36.2 Å². The Kier molecular flexibility index (Phi) is 4.94. The Bertz CT molecular complexity index is 765. The molecule has 1 fully saturated rings. The quantitative estimate of drug-likeness (QED) is 0.912. The van der Waals surface area contributed by atoms with E-state index in [0.717, 1.165) is 19.6 Å². The maximum absolute atomic E-state index is 11.1. The van der Waals surface area contributed by atoms with Crippen LogP contribution in [0.2, 0.25) is 0 Å². The number of carboxylic acids is 1. The normalized spacial score (nSPS) is 18.6. The largest absolute Gasteiger partial charge is 0.478 e. The molecule has 3 heterocycles. The highest BCUT2D eigenvalue weighted by molar-refractivity contribution is 5.88. The van der Waals surface area contributed by atoms with Crippen molar-refractivity contribution < 1.29 is 9.90 Å². The van der Waals surface area contributed by atoms with E-state index in [0.29, 0.717) is 29.4 Å². The summed E-state index contributed by atoms with van der Waals surface area (Å²) in [5.74, 6) is -0.313. The van der Waals surface area contributed by atoms with Gasteiger partial charge in [-0.2, -0.15) is 0 Å². The van der Waals surface area contributed by atoms with Crippen molar-refractivity contribution in [1.29, 1.82) is 0 Å². The molecule has 0 aliphatic carbocycles. The van der Waals surface area contributed by atoms with Crippen molar-refractivity contribution in [2.75, 3.05) is 24.5 Å². The van der Waals surface area contributed by atoms with Gasteiger partial charge in [-0.1, -0.05) is 0 Å². The molecule has 0 saturated carbocycles. The monoisotopic (exact) mass is 341 g/mol. The molecule has 0 unspecified atom stereocenters. The SMILES string of the molecule is CC(C)N1CCN(c2nccc(-c3cc(C(=O)O)ccn3)n2)C[C@@H]1C. The number of rotatable bonds is 4. The summed E-state index contributed by atoms with van der Waals surface area (Å²) < 4.78 is 0. The first-order valence-corrected chi connectivity index (χ1v) is 8.49. The zero-order valence-electron chi connectivity index (χ0n) is 14.8. The summed E-state index contributed by atoms with van der Waals surface area (Å²) in [6, 6.07) is 5.71. The highest BCUT2D eigenvalue weighted by Crippen LogP contribution is 2.21. The molecule has 1 aliphatic rings. The predicted molar refractivity (Wildman–Crippen MR) is 95.7 cm³/mol. The number of pyridine rings is 1. The number of piperazine rings is 1. The minimum absolute atomic E-state index is 0.198. The molecule has 3 rings (SSSR count). The molecule has 1 N–H and O–H groups in total. The summed E-state index contributed by atoms with van der Waals surface area (Å²) in [6.07, 6.45) is 3.19. The molecule has 1 saturated heterocycles. The number of hydrogen-bond acceptors (Lipinski definition) is 6. The Morgan fingerprint density at radius 1 is 1.20 bits per heavy atom. The van der Waals surface area contributed by atoms with Crippen LogP contribution in [0.1, 0.15) is 31.1 Å². The van der Waals surface area contributed by atoms with Crippen LogP contribution >= 0.6 is 0 Å². The second-order valence-corrected chi connectivity index (χ2v) is 6.60. The molecule has 0 aromatic carbocycles. The molecule has 0 bridgehead atoms. The zero-order chi connectivity index (χ0) is 18.0. The maximum Gasteiger partial charge on any atom is 0.335 e. The molecule has 7 nitrogen and oxygen atoms in total. The molecule has 2 aromatic rings. The molecule has 7 heteroatoms. The lowest BCUT2D eigenvalue weighted by molar-refractivity contribution is 0.0697. The molecular weight excluding hydrogens is 318 g/mol. The first-order chi connectivity index (χ1) is 12.0. The van der Waals surface area contributed by atoms with Crippen molar-refractivity contribution in [2.24, 2.45) is 0 Å². The van der Waals surface area contributed by atoms with E-state index in [2.05, 4.69) is 45.5 Å². The van der Waals surface area contributed by atoms with Crippen LogP contribution in [0.15, 0.2) is 30.6 Å². The van der Waals surface area contributed by atoms with Crippen LogP contribution in [0.25, 0.3) is 11.4 Å². The van der Waals surface area contributed by atoms with Gasteiger partial charge in [0, 0.05) is 44.1 Å². The number of anilines is 1. The minimum atomic E-state index is -0.975. The van der Waals surface area contributed by atoms with Crippen LogP contribution in [0, 0.1) is 0 Å². The molecular formula is C18H23N5O2. The van der Waals surface area contributed by atoms with Gasteiger partial charge in [0.05, 0.1) is 17.0 Å². The Morgan fingerprint density at radius 2 is 1.96 bits per heavy atom. The van der Waals surface area contributed by atoms with Gasteiger partial charge >= 0.3 is 5.97 Å². The Balaban J connectivity index is 1.83. The van der Waals surface area contributed by atoms with Crippen LogP contribution in [0.4, 0.5) is 5.95 Å². The summed E-state index contributed by atoms with van der Waals surface area (Å²) >= 11 is 0. The molecule has 0 spiro atoms. The third kappa shape index (κ3) is 3.76. The van der Waals surface area contributed by atoms with E-state index in [1.165, 1.54) is 18.3 Å². The van der Waals surface area contributed by atoms with Crippen molar-refractivity contribution in [1.82, 2.24) is 19.9 Å². The van der Waals surface area contributed by atoms with E-state index in [-0.39, 0.29) is 5.56 Å². The van der Waals surface area contributed by atoms with E-state index in [1.54, 1.807) is 12.3 Å². The van der Waals surface area contributed by atoms with Gasteiger partial charge < -0.3 is 10.0 Å². The van der Waals surface area contributed by atoms with Crippen LogP contribution in [-0.4, -0.2) is 62.6 Å². The number of hydrogen-bond donors (Lipinski definition) is 1. The summed E-state index contributed by atoms with van der Waals surface area (Å²) in [5, 5.41) is 9.14. The van der Waals surface area contributed by atoms with Gasteiger partial charge in [-0.05, 0) is 39.0 Å². The van der Waals surface area contributed by atoms with Gasteiger partial charge in [-0.25, -0.2) is 14.8 Å². The molecule has 0 radical (unpaired) electrons. The summed E-state index contributed by atoms with van der Waals surface area (Å²) in [5.41, 5.74) is 1.37. The van der Waals surface area contributed by atoms with Crippen LogP contribution in [-0.2, 0) is 0 Å². The average Bonchev–Trinajstić information content (AvgIpc) is 2.61. The lowest BCUT2D eigenvalue weighted by Crippen LogP contribution is -2.54. The maximum atomic E-state index is 11.1. The Hall–Kier alpha value is -2.54. The molecule has 25 heavy (non-hydrogen) atoms. The first-order valence-electron chi connectivity index (χ1n) is 8.49. The summed E-state index contributed by atoms with van der Waals surface area (Å²) in [4.78, 5) is 29.1. The minimum Gasteiger partial charge on any atom is -0.478 e. The van der Waals surface area contributed by atoms with Gasteiger partial charge in [0.15, 0.2) is 0 Å². The third-order valence-corrected chi connectivity index (χ3v) is 4.54. The number of carbonyl (C=O) groups is 1. The van der Waals surface area contributed by atoms with E-state index >= 15 is 0 Å². The molecule has 132 valence electrons. The standard InChI is InChI=1S/C18H23N5O2/c1-12(2)23-9-8-22(11-13(23)3)18-20-7-5-15(21-18)16-10-14(17(24)25)4-6-19-16/h4-7,10,12-13H,8-9,11H2,1-3H3,(H,24,25)/t13-/m0/s1. The van der Waals surface area contributed by atoms with Gasteiger partial charge in [0.25, 0.3) is 0 Å². The average molecular weight is 341 g/mol. The van der Waals surface area contributed by atoms with Crippen LogP contribution in [0.5, 0.6) is 0 Å². The van der Waals surface area contributed by atoms with E-state index in [1.807, 2.05) is 0 Å². The number of carboxylic acid groups (broad SMARTS) is 1. The van der Waals surface area contributed by atoms with E-state index < -0.39 is 5.97 Å². The van der Waals surface area contributed by atoms with Crippen LogP contribution in [0.3, 0.4) is 0 Å². The van der Waals surface area contributed by atoms with Crippen molar-refractivity contribution >= 4 is 11.9 Å². The fourth-order valence-corrected chi connectivity index (χ4v) is 3.27. The molecule has 0 amide bonds. The second kappa shape index (κ2) is 7.14.